The predicted octanol–water partition coefficient (Wildman–Crippen LogP) is 2.15. The van der Waals surface area contributed by atoms with E-state index in [1.54, 1.807) is 36.5 Å². The molecule has 0 aliphatic carbocycles. The molecule has 0 bridgehead atoms. The number of benzene rings is 1. The molecule has 3 rings (SSSR count). The van der Waals surface area contributed by atoms with Gasteiger partial charge in [0.05, 0.1) is 17.1 Å². The molecule has 2 unspecified atom stereocenters. The van der Waals surface area contributed by atoms with Crippen molar-refractivity contribution in [3.8, 4) is 0 Å². The molecule has 1 aromatic heterocycles. The minimum absolute atomic E-state index is 0.122. The maximum absolute atomic E-state index is 13.1. The molecule has 7 nitrogen and oxygen atoms in total. The fourth-order valence-electron chi connectivity index (χ4n) is 3.32. The molecule has 0 saturated carbocycles. The van der Waals surface area contributed by atoms with Gasteiger partial charge >= 0.3 is 0 Å². The lowest BCUT2D eigenvalue weighted by Gasteiger charge is -2.34. The summed E-state index contributed by atoms with van der Waals surface area (Å²) in [5, 5.41) is 0. The largest absolute Gasteiger partial charge is 0.373 e. The number of aromatic nitrogens is 1. The van der Waals surface area contributed by atoms with E-state index in [9.17, 15) is 13.2 Å². The van der Waals surface area contributed by atoms with E-state index in [1.165, 1.54) is 16.4 Å². The van der Waals surface area contributed by atoms with Gasteiger partial charge in [-0.1, -0.05) is 6.07 Å². The van der Waals surface area contributed by atoms with Gasteiger partial charge in [0.15, 0.2) is 0 Å². The van der Waals surface area contributed by atoms with Crippen molar-refractivity contribution in [2.45, 2.75) is 37.5 Å². The fraction of sp³-hybridized carbons (Fsp3) is 0.400. The average molecular weight is 404 g/mol. The highest BCUT2D eigenvalue weighted by atomic mass is 32.2. The lowest BCUT2D eigenvalue weighted by atomic mass is 10.2. The molecule has 1 aliphatic heterocycles. The van der Waals surface area contributed by atoms with Crippen LogP contribution in [0.2, 0.25) is 0 Å². The summed E-state index contributed by atoms with van der Waals surface area (Å²) in [7, 11) is -2.00. The van der Waals surface area contributed by atoms with E-state index in [0.29, 0.717) is 25.2 Å². The number of sulfonamides is 1. The molecule has 1 aromatic carbocycles. The van der Waals surface area contributed by atoms with Crippen LogP contribution in [0.4, 0.5) is 0 Å². The van der Waals surface area contributed by atoms with E-state index in [0.717, 1.165) is 5.56 Å². The third-order valence-corrected chi connectivity index (χ3v) is 6.45. The Labute approximate surface area is 166 Å². The summed E-state index contributed by atoms with van der Waals surface area (Å²) in [5.41, 5.74) is 1.29. The Morgan fingerprint density at radius 3 is 2.46 bits per heavy atom. The number of ether oxygens (including phenoxy) is 1. The summed E-state index contributed by atoms with van der Waals surface area (Å²) < 4.78 is 33.2. The van der Waals surface area contributed by atoms with Crippen LogP contribution in [0.15, 0.2) is 53.7 Å². The first-order chi connectivity index (χ1) is 13.3. The van der Waals surface area contributed by atoms with Gasteiger partial charge in [0, 0.05) is 44.6 Å². The number of carbonyl (C=O) groups excluding carboxylic acids is 1. The number of nitrogens with zero attached hydrogens (tertiary/aromatic N) is 3. The Morgan fingerprint density at radius 1 is 1.18 bits per heavy atom. The number of pyridine rings is 1. The Bertz CT molecular complexity index is 923. The van der Waals surface area contributed by atoms with Crippen molar-refractivity contribution >= 4 is 15.9 Å². The smallest absolute Gasteiger partial charge is 0.253 e. The Balaban J connectivity index is 1.80. The quantitative estimate of drug-likeness (QED) is 0.764. The van der Waals surface area contributed by atoms with Crippen molar-refractivity contribution in [2.24, 2.45) is 0 Å². The van der Waals surface area contributed by atoms with Crippen LogP contribution in [-0.4, -0.2) is 60.9 Å². The van der Waals surface area contributed by atoms with Crippen LogP contribution in [0, 0.1) is 0 Å². The highest BCUT2D eigenvalue weighted by molar-refractivity contribution is 7.89. The number of carbonyl (C=O) groups is 1. The molecule has 1 saturated heterocycles. The third-order valence-electron chi connectivity index (χ3n) is 4.62. The van der Waals surface area contributed by atoms with Gasteiger partial charge in [0.1, 0.15) is 0 Å². The highest BCUT2D eigenvalue weighted by Gasteiger charge is 2.32. The molecule has 28 heavy (non-hydrogen) atoms. The first-order valence-corrected chi connectivity index (χ1v) is 10.6. The summed E-state index contributed by atoms with van der Waals surface area (Å²) in [6.07, 6.45) is 3.00. The molecule has 2 aromatic rings. The number of hydrogen-bond donors (Lipinski definition) is 0. The lowest BCUT2D eigenvalue weighted by molar-refractivity contribution is -0.0440. The average Bonchev–Trinajstić information content (AvgIpc) is 2.67. The standard InChI is InChI=1S/C20H25N3O4S/c1-15-12-23(13-16(2)27-15)28(25,26)19-6-4-5-18(11-19)20(24)22(3)14-17-7-9-21-10-8-17/h4-11,15-16H,12-14H2,1-3H3. The van der Waals surface area contributed by atoms with Crippen LogP contribution in [0.25, 0.3) is 0 Å². The van der Waals surface area contributed by atoms with Crippen LogP contribution < -0.4 is 0 Å². The van der Waals surface area contributed by atoms with Gasteiger partial charge in [0.2, 0.25) is 10.0 Å². The molecular weight excluding hydrogens is 378 g/mol. The highest BCUT2D eigenvalue weighted by Crippen LogP contribution is 2.22. The summed E-state index contributed by atoms with van der Waals surface area (Å²) in [6.45, 7) is 4.72. The van der Waals surface area contributed by atoms with Gasteiger partial charge < -0.3 is 9.64 Å². The van der Waals surface area contributed by atoms with Gasteiger partial charge in [-0.15, -0.1) is 0 Å². The molecule has 1 aliphatic rings. The normalized spacial score (nSPS) is 20.7. The summed E-state index contributed by atoms with van der Waals surface area (Å²) in [5.74, 6) is -0.238. The van der Waals surface area contributed by atoms with Gasteiger partial charge in [-0.2, -0.15) is 4.31 Å². The zero-order valence-corrected chi connectivity index (χ0v) is 17.1. The maximum atomic E-state index is 13.1. The van der Waals surface area contributed by atoms with Crippen molar-refractivity contribution in [3.63, 3.8) is 0 Å². The summed E-state index contributed by atoms with van der Waals surface area (Å²) in [6, 6.07) is 9.89. The molecule has 8 heteroatoms. The summed E-state index contributed by atoms with van der Waals surface area (Å²) >= 11 is 0. The first-order valence-electron chi connectivity index (χ1n) is 9.17. The van der Waals surface area contributed by atoms with Gasteiger partial charge in [-0.05, 0) is 49.7 Å². The van der Waals surface area contributed by atoms with E-state index in [2.05, 4.69) is 4.98 Å². The molecular formula is C20H25N3O4S. The van der Waals surface area contributed by atoms with Crippen LogP contribution in [-0.2, 0) is 21.3 Å². The molecule has 150 valence electrons. The van der Waals surface area contributed by atoms with Crippen molar-refractivity contribution in [2.75, 3.05) is 20.1 Å². The summed E-state index contributed by atoms with van der Waals surface area (Å²) in [4.78, 5) is 18.4. The first kappa shape index (κ1) is 20.4. The van der Waals surface area contributed by atoms with E-state index >= 15 is 0 Å². The Hall–Kier alpha value is -2.29. The maximum Gasteiger partial charge on any atom is 0.253 e. The molecule has 1 amide bonds. The van der Waals surface area contributed by atoms with Crippen LogP contribution in [0.5, 0.6) is 0 Å². The third kappa shape index (κ3) is 4.57. The van der Waals surface area contributed by atoms with Crippen molar-refractivity contribution in [3.05, 3.63) is 59.9 Å². The van der Waals surface area contributed by atoms with E-state index in [4.69, 9.17) is 4.74 Å². The molecule has 0 radical (unpaired) electrons. The zero-order valence-electron chi connectivity index (χ0n) is 16.3. The minimum atomic E-state index is -3.69. The Kier molecular flexibility index (Phi) is 6.12. The number of hydrogen-bond acceptors (Lipinski definition) is 5. The van der Waals surface area contributed by atoms with Gasteiger partial charge in [-0.3, -0.25) is 9.78 Å². The number of amides is 1. The van der Waals surface area contributed by atoms with E-state index in [1.807, 2.05) is 26.0 Å². The number of rotatable bonds is 5. The van der Waals surface area contributed by atoms with Gasteiger partial charge in [0.25, 0.3) is 5.91 Å². The second-order valence-electron chi connectivity index (χ2n) is 7.12. The van der Waals surface area contributed by atoms with Crippen LogP contribution in [0.3, 0.4) is 0 Å². The van der Waals surface area contributed by atoms with Gasteiger partial charge in [-0.25, -0.2) is 8.42 Å². The van der Waals surface area contributed by atoms with Crippen molar-refractivity contribution < 1.29 is 17.9 Å². The molecule has 2 heterocycles. The lowest BCUT2D eigenvalue weighted by Crippen LogP contribution is -2.48. The van der Waals surface area contributed by atoms with E-state index < -0.39 is 10.0 Å². The minimum Gasteiger partial charge on any atom is -0.373 e. The second-order valence-corrected chi connectivity index (χ2v) is 9.06. The zero-order chi connectivity index (χ0) is 20.3. The monoisotopic (exact) mass is 403 g/mol. The molecule has 2 atom stereocenters. The SMILES string of the molecule is CC1CN(S(=O)(=O)c2cccc(C(=O)N(C)Cc3ccncc3)c2)CC(C)O1. The molecule has 1 fully saturated rings. The second kappa shape index (κ2) is 8.38. The van der Waals surface area contributed by atoms with Crippen LogP contribution in [0.1, 0.15) is 29.8 Å². The predicted molar refractivity (Wildman–Crippen MR) is 105 cm³/mol. The van der Waals surface area contributed by atoms with Crippen LogP contribution >= 0.6 is 0 Å². The number of morpholine rings is 1. The van der Waals surface area contributed by atoms with Crippen molar-refractivity contribution in [1.82, 2.24) is 14.2 Å². The van der Waals surface area contributed by atoms with Crippen molar-refractivity contribution in [1.29, 1.82) is 0 Å². The molecule has 0 N–H and O–H groups in total. The Morgan fingerprint density at radius 2 is 1.82 bits per heavy atom. The molecule has 0 spiro atoms. The fourth-order valence-corrected chi connectivity index (χ4v) is 4.96. The van der Waals surface area contributed by atoms with E-state index in [-0.39, 0.29) is 23.0 Å². The topological polar surface area (TPSA) is 79.8 Å².